The molecule has 150 valence electrons. The number of nitrogens with one attached hydrogen (secondary N) is 1. The number of pyridine rings is 1. The Kier molecular flexibility index (Phi) is 7.19. The molecule has 0 radical (unpaired) electrons. The molecular weight excluding hydrogens is 392 g/mol. The lowest BCUT2D eigenvalue weighted by Gasteiger charge is -2.12. The Bertz CT molecular complexity index is 946. The quantitative estimate of drug-likeness (QED) is 0.458. The number of hydrogen-bond acceptors (Lipinski definition) is 5. The molecule has 0 unspecified atom stereocenters. The van der Waals surface area contributed by atoms with E-state index in [9.17, 15) is 9.90 Å². The van der Waals surface area contributed by atoms with Crippen molar-refractivity contribution in [3.63, 3.8) is 0 Å². The van der Waals surface area contributed by atoms with Crippen molar-refractivity contribution in [2.45, 2.75) is 12.5 Å². The lowest BCUT2D eigenvalue weighted by Crippen LogP contribution is -2.23. The molecule has 6 nitrogen and oxygen atoms in total. The minimum atomic E-state index is -1.03. The van der Waals surface area contributed by atoms with Gasteiger partial charge in [-0.2, -0.15) is 0 Å². The van der Waals surface area contributed by atoms with E-state index in [1.165, 1.54) is 18.3 Å². The largest absolute Gasteiger partial charge is 0.478 e. The third-order valence-corrected chi connectivity index (χ3v) is 4.53. The summed E-state index contributed by atoms with van der Waals surface area (Å²) in [6.07, 6.45) is 1.45. The molecule has 29 heavy (non-hydrogen) atoms. The van der Waals surface area contributed by atoms with Gasteiger partial charge < -0.3 is 20.3 Å². The lowest BCUT2D eigenvalue weighted by molar-refractivity contribution is 0.0696. The van der Waals surface area contributed by atoms with Gasteiger partial charge in [0.15, 0.2) is 0 Å². The van der Waals surface area contributed by atoms with Crippen LogP contribution in [0, 0.1) is 0 Å². The summed E-state index contributed by atoms with van der Waals surface area (Å²) in [5, 5.41) is 22.9. The summed E-state index contributed by atoms with van der Waals surface area (Å²) in [4.78, 5) is 14.8. The van der Waals surface area contributed by atoms with Crippen LogP contribution in [0.25, 0.3) is 0 Å². The highest BCUT2D eigenvalue weighted by Gasteiger charge is 2.07. The van der Waals surface area contributed by atoms with Crippen molar-refractivity contribution in [3.05, 3.63) is 88.6 Å². The third kappa shape index (κ3) is 6.29. The summed E-state index contributed by atoms with van der Waals surface area (Å²) in [6, 6.07) is 17.8. The molecule has 0 saturated heterocycles. The number of nitrogens with zero attached hydrogens (tertiary/aromatic N) is 1. The van der Waals surface area contributed by atoms with Gasteiger partial charge in [0.1, 0.15) is 5.75 Å². The van der Waals surface area contributed by atoms with Gasteiger partial charge in [-0.25, -0.2) is 9.78 Å². The van der Waals surface area contributed by atoms with Crippen LogP contribution in [0.5, 0.6) is 11.6 Å². The Labute approximate surface area is 173 Å². The Balaban J connectivity index is 1.44. The molecule has 0 amide bonds. The summed E-state index contributed by atoms with van der Waals surface area (Å²) >= 11 is 5.94. The third-order valence-electron chi connectivity index (χ3n) is 4.29. The van der Waals surface area contributed by atoms with Gasteiger partial charge in [0.2, 0.25) is 5.88 Å². The van der Waals surface area contributed by atoms with Crippen LogP contribution in [0.1, 0.15) is 27.6 Å². The Morgan fingerprint density at radius 2 is 1.93 bits per heavy atom. The van der Waals surface area contributed by atoms with Gasteiger partial charge >= 0.3 is 5.97 Å². The van der Waals surface area contributed by atoms with Crippen molar-refractivity contribution < 1.29 is 19.7 Å². The number of carboxylic acids is 1. The number of ether oxygens (including phenoxy) is 1. The van der Waals surface area contributed by atoms with E-state index in [-0.39, 0.29) is 5.56 Å². The van der Waals surface area contributed by atoms with Gasteiger partial charge in [-0.05, 0) is 54.4 Å². The number of aliphatic hydroxyl groups excluding tert-OH is 1. The average Bonchev–Trinajstić information content (AvgIpc) is 2.72. The molecule has 0 aliphatic heterocycles. The first kappa shape index (κ1) is 20.8. The maximum atomic E-state index is 10.8. The Hall–Kier alpha value is -2.93. The van der Waals surface area contributed by atoms with Crippen LogP contribution < -0.4 is 10.1 Å². The molecule has 1 heterocycles. The molecule has 1 aromatic heterocycles. The summed E-state index contributed by atoms with van der Waals surface area (Å²) in [7, 11) is 0. The first-order valence-electron chi connectivity index (χ1n) is 9.11. The first-order chi connectivity index (χ1) is 14.0. The molecule has 1 atom stereocenters. The maximum absolute atomic E-state index is 10.8. The number of aromatic carboxylic acids is 1. The van der Waals surface area contributed by atoms with Gasteiger partial charge in [-0.1, -0.05) is 35.9 Å². The van der Waals surface area contributed by atoms with Crippen molar-refractivity contribution in [3.8, 4) is 11.6 Å². The molecule has 0 fully saturated rings. The topological polar surface area (TPSA) is 91.7 Å². The fourth-order valence-electron chi connectivity index (χ4n) is 2.72. The fraction of sp³-hybridized carbons (Fsp3) is 0.182. The zero-order valence-corrected chi connectivity index (χ0v) is 16.3. The highest BCUT2D eigenvalue weighted by atomic mass is 35.5. The number of aromatic nitrogens is 1. The lowest BCUT2D eigenvalue weighted by atomic mass is 10.1. The van der Waals surface area contributed by atoms with E-state index in [0.29, 0.717) is 23.2 Å². The molecule has 3 aromatic rings. The van der Waals surface area contributed by atoms with Gasteiger partial charge in [-0.3, -0.25) is 0 Å². The summed E-state index contributed by atoms with van der Waals surface area (Å²) < 4.78 is 5.62. The summed E-state index contributed by atoms with van der Waals surface area (Å²) in [5.41, 5.74) is 2.02. The van der Waals surface area contributed by atoms with Gasteiger partial charge in [0.25, 0.3) is 0 Å². The SMILES string of the molecule is O=C(O)c1ccc(Oc2ccc(CCNC[C@H](O)c3cccc(Cl)c3)cc2)nc1. The predicted octanol–water partition coefficient (Wildman–Crippen LogP) is 4.09. The zero-order valence-electron chi connectivity index (χ0n) is 15.6. The van der Waals surface area contributed by atoms with Gasteiger partial charge in [0.05, 0.1) is 11.7 Å². The van der Waals surface area contributed by atoms with Gasteiger partial charge in [-0.15, -0.1) is 0 Å². The zero-order chi connectivity index (χ0) is 20.6. The number of rotatable bonds is 9. The molecule has 7 heteroatoms. The second-order valence-corrected chi connectivity index (χ2v) is 6.90. The maximum Gasteiger partial charge on any atom is 0.337 e. The molecule has 3 N–H and O–H groups in total. The van der Waals surface area contributed by atoms with E-state index in [2.05, 4.69) is 10.3 Å². The molecule has 0 aliphatic carbocycles. The molecule has 0 spiro atoms. The summed E-state index contributed by atoms with van der Waals surface area (Å²) in [6.45, 7) is 1.16. The molecule has 0 aliphatic rings. The van der Waals surface area contributed by atoms with Crippen molar-refractivity contribution in [1.82, 2.24) is 10.3 Å². The van der Waals surface area contributed by atoms with Crippen LogP contribution in [0.3, 0.4) is 0 Å². The number of carbonyl (C=O) groups is 1. The molecular formula is C22H21ClN2O4. The summed E-state index contributed by atoms with van der Waals surface area (Å²) in [5.74, 6) is -0.0739. The van der Waals surface area contributed by atoms with E-state index in [0.717, 1.165) is 24.1 Å². The van der Waals surface area contributed by atoms with Crippen molar-refractivity contribution >= 4 is 17.6 Å². The number of halogens is 1. The minimum absolute atomic E-state index is 0.112. The molecule has 3 rings (SSSR count). The second kappa shape index (κ2) is 10.0. The van der Waals surface area contributed by atoms with Crippen LogP contribution in [0.15, 0.2) is 66.9 Å². The van der Waals surface area contributed by atoms with Crippen LogP contribution in [0.2, 0.25) is 5.02 Å². The van der Waals surface area contributed by atoms with Crippen LogP contribution in [0.4, 0.5) is 0 Å². The Morgan fingerprint density at radius 1 is 1.14 bits per heavy atom. The fourth-order valence-corrected chi connectivity index (χ4v) is 2.91. The van der Waals surface area contributed by atoms with Crippen LogP contribution in [-0.4, -0.2) is 34.3 Å². The second-order valence-electron chi connectivity index (χ2n) is 6.46. The van der Waals surface area contributed by atoms with E-state index in [1.807, 2.05) is 36.4 Å². The van der Waals surface area contributed by atoms with E-state index in [1.54, 1.807) is 12.1 Å². The first-order valence-corrected chi connectivity index (χ1v) is 9.49. The Morgan fingerprint density at radius 3 is 2.59 bits per heavy atom. The highest BCUT2D eigenvalue weighted by Crippen LogP contribution is 2.20. The van der Waals surface area contributed by atoms with E-state index in [4.69, 9.17) is 21.4 Å². The predicted molar refractivity (Wildman–Crippen MR) is 111 cm³/mol. The van der Waals surface area contributed by atoms with Crippen molar-refractivity contribution in [2.75, 3.05) is 13.1 Å². The number of carboxylic acid groups (broad SMARTS) is 1. The highest BCUT2D eigenvalue weighted by molar-refractivity contribution is 6.30. The number of benzene rings is 2. The molecule has 0 saturated carbocycles. The normalized spacial score (nSPS) is 11.8. The monoisotopic (exact) mass is 412 g/mol. The van der Waals surface area contributed by atoms with E-state index >= 15 is 0 Å². The van der Waals surface area contributed by atoms with Crippen LogP contribution >= 0.6 is 11.6 Å². The number of aliphatic hydroxyl groups is 1. The number of hydrogen-bond donors (Lipinski definition) is 3. The van der Waals surface area contributed by atoms with E-state index < -0.39 is 12.1 Å². The van der Waals surface area contributed by atoms with Crippen molar-refractivity contribution in [2.24, 2.45) is 0 Å². The van der Waals surface area contributed by atoms with Gasteiger partial charge in [0, 0.05) is 23.8 Å². The van der Waals surface area contributed by atoms with Crippen molar-refractivity contribution in [1.29, 1.82) is 0 Å². The molecule has 0 bridgehead atoms. The minimum Gasteiger partial charge on any atom is -0.478 e. The van der Waals surface area contributed by atoms with Crippen LogP contribution in [-0.2, 0) is 6.42 Å². The average molecular weight is 413 g/mol. The smallest absolute Gasteiger partial charge is 0.337 e. The standard InChI is InChI=1S/C22H21ClN2O4/c23-18-3-1-2-16(12-18)20(26)14-24-11-10-15-4-7-19(8-5-15)29-21-9-6-17(13-25-21)22(27)28/h1-9,12-13,20,24,26H,10-11,14H2,(H,27,28)/t20-/m0/s1. The molecule has 2 aromatic carbocycles.